The summed E-state index contributed by atoms with van der Waals surface area (Å²) in [5, 5.41) is 8.40. The zero-order valence-corrected chi connectivity index (χ0v) is 9.57. The van der Waals surface area contributed by atoms with Crippen molar-refractivity contribution in [3.8, 4) is 0 Å². The van der Waals surface area contributed by atoms with Crippen molar-refractivity contribution in [2.24, 2.45) is 0 Å². The second-order valence-corrected chi connectivity index (χ2v) is 4.57. The number of hydrogen-bond donors (Lipinski definition) is 1. The first-order chi connectivity index (χ1) is 6.58. The molecule has 0 fully saturated rings. The fourth-order valence-corrected chi connectivity index (χ4v) is 2.14. The molecule has 1 N–H and O–H groups in total. The van der Waals surface area contributed by atoms with Crippen molar-refractivity contribution < 1.29 is 14.3 Å². The second-order valence-electron chi connectivity index (χ2n) is 2.66. The molecular weight excluding hydrogens is 271 g/mol. The molecule has 0 saturated heterocycles. The lowest BCUT2D eigenvalue weighted by atomic mass is 10.2. The second kappa shape index (κ2) is 5.36. The average molecular weight is 279 g/mol. The fraction of sp³-hybridized carbons (Fsp3) is 0.222. The highest BCUT2D eigenvalue weighted by Crippen LogP contribution is 2.18. The van der Waals surface area contributed by atoms with Gasteiger partial charge in [0.25, 0.3) is 0 Å². The van der Waals surface area contributed by atoms with E-state index in [2.05, 4.69) is 15.9 Å². The molecule has 0 heterocycles. The first-order valence-electron chi connectivity index (χ1n) is 3.82. The number of carboxylic acid groups (broad SMARTS) is 1. The molecule has 0 unspecified atom stereocenters. The maximum Gasteiger partial charge on any atom is 0.313 e. The summed E-state index contributed by atoms with van der Waals surface area (Å²) in [6, 6.07) is 4.54. The smallest absolute Gasteiger partial charge is 0.313 e. The summed E-state index contributed by atoms with van der Waals surface area (Å²) in [5.74, 6) is -0.632. The van der Waals surface area contributed by atoms with Crippen LogP contribution in [-0.2, 0) is 10.5 Å². The molecule has 0 aliphatic carbocycles. The Balaban J connectivity index is 2.54. The average Bonchev–Trinajstić information content (AvgIpc) is 2.01. The molecule has 0 aliphatic rings. The van der Waals surface area contributed by atoms with Crippen LogP contribution in [-0.4, -0.2) is 16.8 Å². The van der Waals surface area contributed by atoms with Crippen molar-refractivity contribution in [3.05, 3.63) is 34.1 Å². The van der Waals surface area contributed by atoms with E-state index in [-0.39, 0.29) is 11.6 Å². The molecule has 1 aromatic rings. The minimum atomic E-state index is -0.856. The van der Waals surface area contributed by atoms with Gasteiger partial charge in [0, 0.05) is 10.2 Å². The Kier molecular flexibility index (Phi) is 4.41. The van der Waals surface area contributed by atoms with E-state index in [1.807, 2.05) is 0 Å². The number of rotatable bonds is 4. The number of carbonyl (C=O) groups is 1. The quantitative estimate of drug-likeness (QED) is 0.920. The molecule has 2 nitrogen and oxygen atoms in total. The molecule has 0 amide bonds. The minimum absolute atomic E-state index is 0.0358. The summed E-state index contributed by atoms with van der Waals surface area (Å²) in [7, 11) is 0. The summed E-state index contributed by atoms with van der Waals surface area (Å²) in [6.45, 7) is 0. The van der Waals surface area contributed by atoms with E-state index in [1.165, 1.54) is 23.9 Å². The van der Waals surface area contributed by atoms with Gasteiger partial charge < -0.3 is 5.11 Å². The monoisotopic (exact) mass is 278 g/mol. The summed E-state index contributed by atoms with van der Waals surface area (Å²) in [6.07, 6.45) is 0. The van der Waals surface area contributed by atoms with Crippen molar-refractivity contribution in [2.45, 2.75) is 5.75 Å². The molecule has 0 aromatic heterocycles. The Morgan fingerprint density at radius 1 is 1.50 bits per heavy atom. The first-order valence-corrected chi connectivity index (χ1v) is 5.77. The molecule has 0 bridgehead atoms. The topological polar surface area (TPSA) is 37.3 Å². The lowest BCUT2D eigenvalue weighted by Gasteiger charge is -2.01. The number of halogens is 2. The number of aliphatic carboxylic acids is 1. The van der Waals surface area contributed by atoms with Crippen molar-refractivity contribution >= 4 is 33.7 Å². The first kappa shape index (κ1) is 11.5. The third-order valence-corrected chi connectivity index (χ3v) is 2.86. The lowest BCUT2D eigenvalue weighted by Crippen LogP contribution is -1.98. The maximum atomic E-state index is 12.9. The molecule has 0 atom stereocenters. The van der Waals surface area contributed by atoms with Gasteiger partial charge in [-0.15, -0.1) is 11.8 Å². The third kappa shape index (κ3) is 4.11. The molecule has 0 spiro atoms. The van der Waals surface area contributed by atoms with Crippen LogP contribution in [0.15, 0.2) is 22.7 Å². The Labute approximate surface area is 93.6 Å². The van der Waals surface area contributed by atoms with Crippen LogP contribution in [0.4, 0.5) is 4.39 Å². The van der Waals surface area contributed by atoms with Gasteiger partial charge in [-0.2, -0.15) is 0 Å². The SMILES string of the molecule is O=C(O)CSCc1cc(F)cc(Br)c1. The molecule has 0 aliphatic heterocycles. The van der Waals surface area contributed by atoms with Gasteiger partial charge in [-0.25, -0.2) is 4.39 Å². The molecule has 76 valence electrons. The van der Waals surface area contributed by atoms with Crippen molar-refractivity contribution in [2.75, 3.05) is 5.75 Å². The van der Waals surface area contributed by atoms with Crippen LogP contribution in [0.1, 0.15) is 5.56 Å². The Bertz CT molecular complexity index is 323. The molecule has 0 radical (unpaired) electrons. The predicted octanol–water partition coefficient (Wildman–Crippen LogP) is 2.91. The summed E-state index contributed by atoms with van der Waals surface area (Å²) < 4.78 is 13.5. The van der Waals surface area contributed by atoms with Gasteiger partial charge >= 0.3 is 5.97 Å². The van der Waals surface area contributed by atoms with Gasteiger partial charge in [0.05, 0.1) is 5.75 Å². The van der Waals surface area contributed by atoms with Crippen molar-refractivity contribution in [1.29, 1.82) is 0 Å². The maximum absolute atomic E-state index is 12.9. The minimum Gasteiger partial charge on any atom is -0.481 e. The van der Waals surface area contributed by atoms with Gasteiger partial charge in [-0.05, 0) is 23.8 Å². The normalized spacial score (nSPS) is 10.1. The number of thioether (sulfide) groups is 1. The van der Waals surface area contributed by atoms with Crippen molar-refractivity contribution in [1.82, 2.24) is 0 Å². The van der Waals surface area contributed by atoms with E-state index in [0.717, 1.165) is 5.56 Å². The van der Waals surface area contributed by atoms with Crippen LogP contribution in [0.3, 0.4) is 0 Å². The van der Waals surface area contributed by atoms with Crippen LogP contribution in [0.25, 0.3) is 0 Å². The highest BCUT2D eigenvalue weighted by molar-refractivity contribution is 9.10. The largest absolute Gasteiger partial charge is 0.481 e. The van der Waals surface area contributed by atoms with Crippen LogP contribution in [0.2, 0.25) is 0 Å². The Hall–Kier alpha value is -0.550. The highest BCUT2D eigenvalue weighted by atomic mass is 79.9. The molecule has 1 aromatic carbocycles. The van der Waals surface area contributed by atoms with Gasteiger partial charge in [0.2, 0.25) is 0 Å². The molecular formula is C9H8BrFO2S. The lowest BCUT2D eigenvalue weighted by molar-refractivity contribution is -0.133. The molecule has 1 rings (SSSR count). The van der Waals surface area contributed by atoms with Gasteiger partial charge in [-0.3, -0.25) is 4.79 Å². The van der Waals surface area contributed by atoms with Crippen molar-refractivity contribution in [3.63, 3.8) is 0 Å². The van der Waals surface area contributed by atoms with Crippen LogP contribution in [0, 0.1) is 5.82 Å². The van der Waals surface area contributed by atoms with E-state index >= 15 is 0 Å². The third-order valence-electron chi connectivity index (χ3n) is 1.42. The zero-order chi connectivity index (χ0) is 10.6. The van der Waals surface area contributed by atoms with Crippen LogP contribution in [0.5, 0.6) is 0 Å². The van der Waals surface area contributed by atoms with Gasteiger partial charge in [0.15, 0.2) is 0 Å². The number of hydrogen-bond acceptors (Lipinski definition) is 2. The van der Waals surface area contributed by atoms with Crippen LogP contribution >= 0.6 is 27.7 Å². The summed E-state index contributed by atoms with van der Waals surface area (Å²) in [5.41, 5.74) is 0.781. The van der Waals surface area contributed by atoms with E-state index in [0.29, 0.717) is 10.2 Å². The summed E-state index contributed by atoms with van der Waals surface area (Å²) in [4.78, 5) is 10.2. The Morgan fingerprint density at radius 2 is 2.21 bits per heavy atom. The van der Waals surface area contributed by atoms with Crippen LogP contribution < -0.4 is 0 Å². The van der Waals surface area contributed by atoms with E-state index in [9.17, 15) is 9.18 Å². The van der Waals surface area contributed by atoms with E-state index in [1.54, 1.807) is 6.07 Å². The molecule has 5 heteroatoms. The van der Waals surface area contributed by atoms with E-state index in [4.69, 9.17) is 5.11 Å². The predicted molar refractivity (Wildman–Crippen MR) is 57.9 cm³/mol. The zero-order valence-electron chi connectivity index (χ0n) is 7.17. The Morgan fingerprint density at radius 3 is 2.79 bits per heavy atom. The molecule has 14 heavy (non-hydrogen) atoms. The van der Waals surface area contributed by atoms with Gasteiger partial charge in [0.1, 0.15) is 5.82 Å². The summed E-state index contributed by atoms with van der Waals surface area (Å²) >= 11 is 4.41. The van der Waals surface area contributed by atoms with Gasteiger partial charge in [-0.1, -0.05) is 15.9 Å². The number of benzene rings is 1. The van der Waals surface area contributed by atoms with E-state index < -0.39 is 5.97 Å². The highest BCUT2D eigenvalue weighted by Gasteiger charge is 2.01. The fourth-order valence-electron chi connectivity index (χ4n) is 0.950. The molecule has 0 saturated carbocycles. The standard InChI is InChI=1S/C9H8BrFO2S/c10-7-1-6(2-8(11)3-7)4-14-5-9(12)13/h1-3H,4-5H2,(H,12,13). The number of carboxylic acids is 1.